The fourth-order valence-corrected chi connectivity index (χ4v) is 4.89. The molecule has 3 heterocycles. The molecule has 5 rings (SSSR count). The standard InChI is InChI=1S/C24H22F3N3O5/c25-24(26,27)35-18-5-1-14(2-6-18)3-8-21(31)29-10-16-12-30(13-17(16)11-29)22(32)15-4-7-19-20(9-15)34-23(33)28-19/h1-2,4-7,9,16-17H,3,8,10-13H2,(H,28,33)/t16-,17-/m1/s1. The van der Waals surface area contributed by atoms with Crippen molar-refractivity contribution in [3.8, 4) is 5.75 Å². The van der Waals surface area contributed by atoms with Crippen LogP contribution in [0.2, 0.25) is 0 Å². The van der Waals surface area contributed by atoms with Gasteiger partial charge in [-0.2, -0.15) is 0 Å². The summed E-state index contributed by atoms with van der Waals surface area (Å²) in [4.78, 5) is 43.1. The van der Waals surface area contributed by atoms with Crippen molar-refractivity contribution < 1.29 is 31.9 Å². The van der Waals surface area contributed by atoms with Crippen LogP contribution >= 0.6 is 0 Å². The predicted molar refractivity (Wildman–Crippen MR) is 118 cm³/mol. The molecule has 0 bridgehead atoms. The van der Waals surface area contributed by atoms with Crippen LogP contribution in [0.25, 0.3) is 11.1 Å². The number of aromatic nitrogens is 1. The fraction of sp³-hybridized carbons (Fsp3) is 0.375. The van der Waals surface area contributed by atoms with Crippen LogP contribution in [0.15, 0.2) is 51.7 Å². The molecule has 184 valence electrons. The first-order valence-corrected chi connectivity index (χ1v) is 11.2. The first-order chi connectivity index (χ1) is 16.6. The Balaban J connectivity index is 1.12. The second kappa shape index (κ2) is 8.79. The molecule has 0 aliphatic carbocycles. The van der Waals surface area contributed by atoms with Crippen LogP contribution in [0.4, 0.5) is 13.2 Å². The molecule has 0 saturated carbocycles. The molecule has 8 nitrogen and oxygen atoms in total. The van der Waals surface area contributed by atoms with Gasteiger partial charge in [0, 0.05) is 50.0 Å². The van der Waals surface area contributed by atoms with E-state index >= 15 is 0 Å². The third-order valence-electron chi connectivity index (χ3n) is 6.58. The minimum Gasteiger partial charge on any atom is -0.408 e. The maximum absolute atomic E-state index is 12.9. The number of H-pyrrole nitrogens is 1. The first-order valence-electron chi connectivity index (χ1n) is 11.2. The van der Waals surface area contributed by atoms with E-state index in [1.165, 1.54) is 24.3 Å². The number of aromatic amines is 1. The quantitative estimate of drug-likeness (QED) is 0.594. The summed E-state index contributed by atoms with van der Waals surface area (Å²) in [7, 11) is 0. The van der Waals surface area contributed by atoms with E-state index in [9.17, 15) is 27.6 Å². The molecule has 2 aliphatic rings. The van der Waals surface area contributed by atoms with Crippen molar-refractivity contribution in [2.75, 3.05) is 26.2 Å². The van der Waals surface area contributed by atoms with E-state index in [0.29, 0.717) is 49.3 Å². The largest absolute Gasteiger partial charge is 0.573 e. The summed E-state index contributed by atoms with van der Waals surface area (Å²) in [6.45, 7) is 2.22. The summed E-state index contributed by atoms with van der Waals surface area (Å²) in [5.74, 6) is -0.637. The van der Waals surface area contributed by atoms with Crippen molar-refractivity contribution in [2.24, 2.45) is 11.8 Å². The van der Waals surface area contributed by atoms with Crippen LogP contribution in [-0.2, 0) is 11.2 Å². The van der Waals surface area contributed by atoms with Crippen LogP contribution in [0.3, 0.4) is 0 Å². The topological polar surface area (TPSA) is 95.9 Å². The Morgan fingerprint density at radius 2 is 1.66 bits per heavy atom. The minimum atomic E-state index is -4.74. The molecular formula is C24H22F3N3O5. The lowest BCUT2D eigenvalue weighted by molar-refractivity contribution is -0.274. The Kier molecular flexibility index (Phi) is 5.78. The van der Waals surface area contributed by atoms with Gasteiger partial charge in [-0.25, -0.2) is 4.79 Å². The number of oxazole rings is 1. The number of amides is 2. The highest BCUT2D eigenvalue weighted by Crippen LogP contribution is 2.32. The number of hydrogen-bond donors (Lipinski definition) is 1. The van der Waals surface area contributed by atoms with Crippen molar-refractivity contribution >= 4 is 22.9 Å². The van der Waals surface area contributed by atoms with Gasteiger partial charge in [0.1, 0.15) is 5.75 Å². The minimum absolute atomic E-state index is 0.0131. The summed E-state index contributed by atoms with van der Waals surface area (Å²) in [5, 5.41) is 0. The lowest BCUT2D eigenvalue weighted by Crippen LogP contribution is -2.35. The van der Waals surface area contributed by atoms with E-state index in [4.69, 9.17) is 4.42 Å². The number of rotatable bonds is 5. The van der Waals surface area contributed by atoms with E-state index in [-0.39, 0.29) is 35.8 Å². The van der Waals surface area contributed by atoms with Crippen molar-refractivity contribution in [1.82, 2.24) is 14.8 Å². The Bertz CT molecular complexity index is 1300. The number of likely N-dealkylation sites (tertiary alicyclic amines) is 2. The molecule has 2 fully saturated rings. The van der Waals surface area contributed by atoms with E-state index < -0.39 is 12.1 Å². The summed E-state index contributed by atoms with van der Waals surface area (Å²) in [6.07, 6.45) is -4.07. The number of hydrogen-bond acceptors (Lipinski definition) is 5. The number of nitrogens with one attached hydrogen (secondary N) is 1. The molecule has 0 radical (unpaired) electrons. The van der Waals surface area contributed by atoms with Gasteiger partial charge in [0.05, 0.1) is 5.52 Å². The van der Waals surface area contributed by atoms with Gasteiger partial charge in [0.2, 0.25) is 5.91 Å². The van der Waals surface area contributed by atoms with Gasteiger partial charge in [-0.05, 0) is 42.3 Å². The maximum atomic E-state index is 12.9. The zero-order valence-electron chi connectivity index (χ0n) is 18.5. The molecule has 0 unspecified atom stereocenters. The number of benzene rings is 2. The molecule has 11 heteroatoms. The Morgan fingerprint density at radius 1 is 1.00 bits per heavy atom. The third-order valence-corrected chi connectivity index (χ3v) is 6.58. The molecule has 2 aromatic carbocycles. The van der Waals surface area contributed by atoms with E-state index in [0.717, 1.165) is 5.56 Å². The smallest absolute Gasteiger partial charge is 0.408 e. The monoisotopic (exact) mass is 489 g/mol. The first kappa shape index (κ1) is 23.0. The van der Waals surface area contributed by atoms with Gasteiger partial charge in [-0.1, -0.05) is 12.1 Å². The van der Waals surface area contributed by atoms with Gasteiger partial charge < -0.3 is 19.0 Å². The van der Waals surface area contributed by atoms with Crippen LogP contribution in [0.5, 0.6) is 5.75 Å². The zero-order valence-corrected chi connectivity index (χ0v) is 18.5. The Morgan fingerprint density at radius 3 is 2.31 bits per heavy atom. The average molecular weight is 489 g/mol. The highest BCUT2D eigenvalue weighted by molar-refractivity contribution is 5.97. The highest BCUT2D eigenvalue weighted by atomic mass is 19.4. The summed E-state index contributed by atoms with van der Waals surface area (Å²) >= 11 is 0. The molecule has 2 saturated heterocycles. The maximum Gasteiger partial charge on any atom is 0.573 e. The number of alkyl halides is 3. The molecule has 2 amide bonds. The van der Waals surface area contributed by atoms with Crippen LogP contribution in [0, 0.1) is 11.8 Å². The van der Waals surface area contributed by atoms with Crippen LogP contribution in [-0.4, -0.2) is 59.1 Å². The lowest BCUT2D eigenvalue weighted by atomic mass is 10.0. The second-order valence-corrected chi connectivity index (χ2v) is 8.95. The number of fused-ring (bicyclic) bond motifs is 2. The highest BCUT2D eigenvalue weighted by Gasteiger charge is 2.43. The molecule has 2 aliphatic heterocycles. The van der Waals surface area contributed by atoms with Crippen molar-refractivity contribution in [3.05, 3.63) is 64.1 Å². The molecule has 1 N–H and O–H groups in total. The molecule has 3 aromatic rings. The molecule has 0 spiro atoms. The molecule has 2 atom stereocenters. The van der Waals surface area contributed by atoms with Gasteiger partial charge in [-0.3, -0.25) is 14.6 Å². The van der Waals surface area contributed by atoms with Crippen LogP contribution < -0.4 is 10.5 Å². The van der Waals surface area contributed by atoms with E-state index in [1.54, 1.807) is 28.0 Å². The van der Waals surface area contributed by atoms with Gasteiger partial charge in [-0.15, -0.1) is 13.2 Å². The number of aryl methyl sites for hydroxylation is 1. The Labute approximate surface area is 197 Å². The predicted octanol–water partition coefficient (Wildman–Crippen LogP) is 3.18. The van der Waals surface area contributed by atoms with Crippen LogP contribution in [0.1, 0.15) is 22.3 Å². The number of ether oxygens (including phenoxy) is 1. The van der Waals surface area contributed by atoms with Crippen molar-refractivity contribution in [3.63, 3.8) is 0 Å². The molecule has 35 heavy (non-hydrogen) atoms. The van der Waals surface area contributed by atoms with E-state index in [2.05, 4.69) is 9.72 Å². The van der Waals surface area contributed by atoms with Gasteiger partial charge in [0.25, 0.3) is 5.91 Å². The van der Waals surface area contributed by atoms with Gasteiger partial charge >= 0.3 is 12.1 Å². The Hall–Kier alpha value is -3.76. The zero-order chi connectivity index (χ0) is 24.7. The third kappa shape index (κ3) is 5.03. The summed E-state index contributed by atoms with van der Waals surface area (Å²) in [5.41, 5.74) is 2.06. The van der Waals surface area contributed by atoms with Gasteiger partial charge in [0.15, 0.2) is 5.58 Å². The number of nitrogens with zero attached hydrogens (tertiary/aromatic N) is 2. The lowest BCUT2D eigenvalue weighted by Gasteiger charge is -2.22. The van der Waals surface area contributed by atoms with Crippen molar-refractivity contribution in [2.45, 2.75) is 19.2 Å². The normalized spacial score (nSPS) is 19.9. The summed E-state index contributed by atoms with van der Waals surface area (Å²) in [6, 6.07) is 10.4. The number of carbonyl (C=O) groups excluding carboxylic acids is 2. The number of halogens is 3. The number of carbonyl (C=O) groups is 2. The molecule has 1 aromatic heterocycles. The summed E-state index contributed by atoms with van der Waals surface area (Å²) < 4.78 is 45.7. The fourth-order valence-electron chi connectivity index (χ4n) is 4.89. The van der Waals surface area contributed by atoms with E-state index in [1.807, 2.05) is 0 Å². The second-order valence-electron chi connectivity index (χ2n) is 8.95. The average Bonchev–Trinajstić information content (AvgIpc) is 3.48. The van der Waals surface area contributed by atoms with Crippen molar-refractivity contribution in [1.29, 1.82) is 0 Å². The SMILES string of the molecule is O=C(CCc1ccc(OC(F)(F)F)cc1)N1C[C@@H]2CN(C(=O)c3ccc4[nH]c(=O)oc4c3)C[C@H]2C1. The molecular weight excluding hydrogens is 467 g/mol.